The zero-order valence-corrected chi connectivity index (χ0v) is 10.2. The first-order valence-electron chi connectivity index (χ1n) is 4.70. The van der Waals surface area contributed by atoms with Crippen LogP contribution in [0.2, 0.25) is 0 Å². The van der Waals surface area contributed by atoms with Gasteiger partial charge in [0.1, 0.15) is 0 Å². The van der Waals surface area contributed by atoms with E-state index in [2.05, 4.69) is 5.92 Å². The monoisotopic (exact) mass is 217 g/mol. The maximum Gasteiger partial charge on any atom is 0.219 e. The van der Waals surface area contributed by atoms with Gasteiger partial charge in [0, 0.05) is 6.54 Å². The van der Waals surface area contributed by atoms with E-state index in [1.54, 1.807) is 20.8 Å². The van der Waals surface area contributed by atoms with E-state index >= 15 is 0 Å². The van der Waals surface area contributed by atoms with Crippen molar-refractivity contribution in [1.29, 1.82) is 0 Å². The zero-order chi connectivity index (χ0) is 11.4. The van der Waals surface area contributed by atoms with Crippen LogP contribution in [0.5, 0.6) is 0 Å². The highest BCUT2D eigenvalue weighted by atomic mass is 32.2. The van der Waals surface area contributed by atoms with Gasteiger partial charge < -0.3 is 0 Å². The second kappa shape index (κ2) is 4.81. The van der Waals surface area contributed by atoms with Crippen LogP contribution in [0.1, 0.15) is 34.1 Å². The Labute approximate surface area is 87.5 Å². The molecule has 0 unspecified atom stereocenters. The maximum absolute atomic E-state index is 12.0. The molecule has 0 aromatic carbocycles. The minimum atomic E-state index is -3.27. The van der Waals surface area contributed by atoms with Crippen molar-refractivity contribution in [3.63, 3.8) is 0 Å². The van der Waals surface area contributed by atoms with Crippen molar-refractivity contribution in [2.75, 3.05) is 13.1 Å². The van der Waals surface area contributed by atoms with Crippen LogP contribution in [-0.4, -0.2) is 30.6 Å². The summed E-state index contributed by atoms with van der Waals surface area (Å²) in [4.78, 5) is 0. The topological polar surface area (TPSA) is 37.4 Å². The van der Waals surface area contributed by atoms with Crippen molar-refractivity contribution in [2.45, 2.75) is 38.9 Å². The Bertz CT molecular complexity index is 306. The number of hydrogen-bond acceptors (Lipinski definition) is 2. The molecule has 0 heterocycles. The van der Waals surface area contributed by atoms with Crippen molar-refractivity contribution in [1.82, 2.24) is 4.31 Å². The molecule has 0 radical (unpaired) electrons. The van der Waals surface area contributed by atoms with Crippen LogP contribution in [0.15, 0.2) is 0 Å². The third-order valence-electron chi connectivity index (χ3n) is 1.85. The molecule has 0 saturated heterocycles. The van der Waals surface area contributed by atoms with Gasteiger partial charge in [-0.3, -0.25) is 0 Å². The first kappa shape index (κ1) is 13.5. The third kappa shape index (κ3) is 3.00. The molecule has 82 valence electrons. The molecule has 0 saturated carbocycles. The van der Waals surface area contributed by atoms with Gasteiger partial charge in [-0.25, -0.2) is 8.42 Å². The molecule has 14 heavy (non-hydrogen) atoms. The minimum Gasteiger partial charge on any atom is -0.212 e. The Hall–Kier alpha value is -0.530. The highest BCUT2D eigenvalue weighted by Crippen LogP contribution is 2.19. The standard InChI is InChI=1S/C10H19NO2S/c1-6-8-11(9-7-2)14(12,13)10(3,4)5/h1H,7-9H2,2-5H3. The Balaban J connectivity index is 4.93. The van der Waals surface area contributed by atoms with E-state index in [9.17, 15) is 8.42 Å². The van der Waals surface area contributed by atoms with Crippen LogP contribution in [0, 0.1) is 12.3 Å². The van der Waals surface area contributed by atoms with Crippen LogP contribution in [-0.2, 0) is 10.0 Å². The molecule has 0 bridgehead atoms. The summed E-state index contributed by atoms with van der Waals surface area (Å²) >= 11 is 0. The number of sulfonamides is 1. The van der Waals surface area contributed by atoms with Crippen LogP contribution >= 0.6 is 0 Å². The van der Waals surface area contributed by atoms with Crippen LogP contribution < -0.4 is 0 Å². The summed E-state index contributed by atoms with van der Waals surface area (Å²) in [6.45, 7) is 7.63. The fraction of sp³-hybridized carbons (Fsp3) is 0.800. The SMILES string of the molecule is C#CCN(CCC)S(=O)(=O)C(C)(C)C. The van der Waals surface area contributed by atoms with Gasteiger partial charge in [0.25, 0.3) is 0 Å². The molecule has 0 fully saturated rings. The van der Waals surface area contributed by atoms with Gasteiger partial charge in [-0.1, -0.05) is 12.8 Å². The molecule has 0 atom stereocenters. The summed E-state index contributed by atoms with van der Waals surface area (Å²) in [5.41, 5.74) is 0. The van der Waals surface area contributed by atoms with Gasteiger partial charge in [0.05, 0.1) is 11.3 Å². The number of nitrogens with zero attached hydrogens (tertiary/aromatic N) is 1. The molecule has 0 aliphatic carbocycles. The molecule has 0 aliphatic rings. The van der Waals surface area contributed by atoms with Gasteiger partial charge in [0.15, 0.2) is 0 Å². The summed E-state index contributed by atoms with van der Waals surface area (Å²) in [5, 5.41) is 0. The quantitative estimate of drug-likeness (QED) is 0.669. The highest BCUT2D eigenvalue weighted by molar-refractivity contribution is 7.90. The summed E-state index contributed by atoms with van der Waals surface area (Å²) in [6.07, 6.45) is 5.92. The lowest BCUT2D eigenvalue weighted by Crippen LogP contribution is -2.43. The predicted molar refractivity (Wildman–Crippen MR) is 59.4 cm³/mol. The van der Waals surface area contributed by atoms with E-state index < -0.39 is 14.8 Å². The van der Waals surface area contributed by atoms with Crippen LogP contribution in [0.3, 0.4) is 0 Å². The van der Waals surface area contributed by atoms with E-state index in [1.807, 2.05) is 6.92 Å². The summed E-state index contributed by atoms with van der Waals surface area (Å²) in [5.74, 6) is 2.38. The van der Waals surface area contributed by atoms with E-state index in [4.69, 9.17) is 6.42 Å². The van der Waals surface area contributed by atoms with E-state index in [0.717, 1.165) is 6.42 Å². The first-order valence-corrected chi connectivity index (χ1v) is 6.14. The van der Waals surface area contributed by atoms with E-state index in [0.29, 0.717) is 6.54 Å². The van der Waals surface area contributed by atoms with Gasteiger partial charge >= 0.3 is 0 Å². The lowest BCUT2D eigenvalue weighted by atomic mass is 10.3. The van der Waals surface area contributed by atoms with Crippen LogP contribution in [0.4, 0.5) is 0 Å². The third-order valence-corrected chi connectivity index (χ3v) is 4.39. The molecule has 0 rings (SSSR count). The molecule has 0 aromatic heterocycles. The summed E-state index contributed by atoms with van der Waals surface area (Å²) in [6, 6.07) is 0. The van der Waals surface area contributed by atoms with E-state index in [1.165, 1.54) is 4.31 Å². The largest absolute Gasteiger partial charge is 0.219 e. The van der Waals surface area contributed by atoms with Crippen molar-refractivity contribution in [3.8, 4) is 12.3 Å². The molecular formula is C10H19NO2S. The second-order valence-electron chi connectivity index (χ2n) is 4.16. The maximum atomic E-state index is 12.0. The Morgan fingerprint density at radius 3 is 2.14 bits per heavy atom. The molecule has 0 amide bonds. The van der Waals surface area contributed by atoms with Crippen molar-refractivity contribution < 1.29 is 8.42 Å². The predicted octanol–water partition coefficient (Wildman–Crippen LogP) is 1.46. The molecule has 0 aliphatic heterocycles. The van der Waals surface area contributed by atoms with Crippen molar-refractivity contribution in [3.05, 3.63) is 0 Å². The van der Waals surface area contributed by atoms with Gasteiger partial charge in [-0.05, 0) is 27.2 Å². The Kier molecular flexibility index (Phi) is 4.63. The minimum absolute atomic E-state index is 0.160. The molecule has 0 N–H and O–H groups in total. The smallest absolute Gasteiger partial charge is 0.212 e. The van der Waals surface area contributed by atoms with Crippen molar-refractivity contribution >= 4 is 10.0 Å². The fourth-order valence-corrected chi connectivity index (χ4v) is 2.46. The molecule has 4 heteroatoms. The number of hydrogen-bond donors (Lipinski definition) is 0. The van der Waals surface area contributed by atoms with E-state index in [-0.39, 0.29) is 6.54 Å². The normalized spacial score (nSPS) is 12.9. The molecular weight excluding hydrogens is 198 g/mol. The lowest BCUT2D eigenvalue weighted by Gasteiger charge is -2.28. The second-order valence-corrected chi connectivity index (χ2v) is 6.85. The molecule has 0 spiro atoms. The average molecular weight is 217 g/mol. The molecule has 3 nitrogen and oxygen atoms in total. The number of rotatable bonds is 4. The fourth-order valence-electron chi connectivity index (χ4n) is 1.02. The average Bonchev–Trinajstić information content (AvgIpc) is 2.02. The molecule has 0 aromatic rings. The Morgan fingerprint density at radius 2 is 1.86 bits per heavy atom. The van der Waals surface area contributed by atoms with Gasteiger partial charge in [-0.2, -0.15) is 4.31 Å². The first-order chi connectivity index (χ1) is 6.27. The van der Waals surface area contributed by atoms with Gasteiger partial charge in [0.2, 0.25) is 10.0 Å². The highest BCUT2D eigenvalue weighted by Gasteiger charge is 2.34. The summed E-state index contributed by atoms with van der Waals surface area (Å²) in [7, 11) is -3.27. The summed E-state index contributed by atoms with van der Waals surface area (Å²) < 4.78 is 24.5. The van der Waals surface area contributed by atoms with Gasteiger partial charge in [-0.15, -0.1) is 6.42 Å². The van der Waals surface area contributed by atoms with Crippen molar-refractivity contribution in [2.24, 2.45) is 0 Å². The zero-order valence-electron chi connectivity index (χ0n) is 9.37. The lowest BCUT2D eigenvalue weighted by molar-refractivity contribution is 0.424. The van der Waals surface area contributed by atoms with Crippen LogP contribution in [0.25, 0.3) is 0 Å². The number of terminal acetylenes is 1. The Morgan fingerprint density at radius 1 is 1.36 bits per heavy atom.